The molecule has 1 N–H and O–H groups in total. The van der Waals surface area contributed by atoms with Crippen LogP contribution in [0, 0.1) is 17.7 Å². The number of rotatable bonds is 9. The van der Waals surface area contributed by atoms with Crippen LogP contribution < -0.4 is 9.47 Å². The number of carboxylic acids is 1. The molecule has 3 aromatic rings. The Morgan fingerprint density at radius 3 is 2.56 bits per heavy atom. The maximum absolute atomic E-state index is 15.2. The summed E-state index contributed by atoms with van der Waals surface area (Å²) in [6, 6.07) is 15.6. The SMILES string of the molecule is COc1cc(-c2ccc([C@@H]3CCc4ccc(C(C5CC5)[C@H](C)C(=O)O)cc4O3)cc2CN2C3CCCC2CC3)c(F)cn1. The van der Waals surface area contributed by atoms with Crippen molar-refractivity contribution in [3.63, 3.8) is 0 Å². The van der Waals surface area contributed by atoms with E-state index in [1.54, 1.807) is 13.2 Å². The van der Waals surface area contributed by atoms with Crippen LogP contribution in [-0.4, -0.2) is 40.2 Å². The summed E-state index contributed by atoms with van der Waals surface area (Å²) in [5.41, 5.74) is 5.82. The minimum atomic E-state index is -0.744. The number of halogens is 1. The second-order valence-corrected chi connectivity index (χ2v) is 13.1. The lowest BCUT2D eigenvalue weighted by Crippen LogP contribution is -2.39. The average Bonchev–Trinajstić information content (AvgIpc) is 3.83. The third kappa shape index (κ3) is 5.52. The molecular formula is C36H41FN2O4. The number of hydrogen-bond acceptors (Lipinski definition) is 5. The van der Waals surface area contributed by atoms with Crippen molar-refractivity contribution in [1.82, 2.24) is 9.88 Å². The number of aromatic nitrogens is 1. The minimum Gasteiger partial charge on any atom is -0.485 e. The van der Waals surface area contributed by atoms with E-state index in [9.17, 15) is 9.90 Å². The van der Waals surface area contributed by atoms with Gasteiger partial charge in [-0.1, -0.05) is 43.7 Å². The highest BCUT2D eigenvalue weighted by Gasteiger charge is 2.40. The number of carbonyl (C=O) groups is 1. The lowest BCUT2D eigenvalue weighted by atomic mass is 9.82. The lowest BCUT2D eigenvalue weighted by Gasteiger charge is -2.35. The Morgan fingerprint density at radius 1 is 1.05 bits per heavy atom. The van der Waals surface area contributed by atoms with E-state index >= 15 is 4.39 Å². The second-order valence-electron chi connectivity index (χ2n) is 13.1. The average molecular weight is 585 g/mol. The van der Waals surface area contributed by atoms with E-state index in [0.717, 1.165) is 60.2 Å². The standard InChI is InChI=1S/C36H41FN2O4/c1-21(36(40)41)35(23-7-8-23)25-9-6-22-11-15-32(43-33(22)17-25)24-10-14-29(30-18-34(42-2)38-19-31(30)37)26(16-24)20-39-27-4-3-5-28(39)13-12-27/h6,9-10,14,16-19,21,23,27-28,32,35H,3-5,7-8,11-13,15,20H2,1-2H3,(H,40,41)/t21-,27?,28?,32-,35?/m0/s1. The number of benzene rings is 2. The number of pyridine rings is 1. The predicted molar refractivity (Wildman–Crippen MR) is 163 cm³/mol. The van der Waals surface area contributed by atoms with Crippen LogP contribution in [0.15, 0.2) is 48.7 Å². The maximum Gasteiger partial charge on any atom is 0.306 e. The molecule has 1 aromatic heterocycles. The molecule has 3 fully saturated rings. The van der Waals surface area contributed by atoms with Crippen molar-refractivity contribution in [2.75, 3.05) is 7.11 Å². The number of hydrogen-bond donors (Lipinski definition) is 1. The van der Waals surface area contributed by atoms with Crippen LogP contribution in [0.2, 0.25) is 0 Å². The zero-order valence-electron chi connectivity index (χ0n) is 25.1. The summed E-state index contributed by atoms with van der Waals surface area (Å²) in [6.45, 7) is 2.61. The van der Waals surface area contributed by atoms with Crippen LogP contribution in [0.25, 0.3) is 11.1 Å². The van der Waals surface area contributed by atoms with Crippen LogP contribution in [0.1, 0.15) is 92.6 Å². The highest BCUT2D eigenvalue weighted by atomic mass is 19.1. The fourth-order valence-corrected chi connectivity index (χ4v) is 8.03. The molecule has 226 valence electrons. The number of methoxy groups -OCH3 is 1. The van der Waals surface area contributed by atoms with Crippen molar-refractivity contribution in [3.8, 4) is 22.8 Å². The molecule has 1 aliphatic carbocycles. The predicted octanol–water partition coefficient (Wildman–Crippen LogP) is 7.69. The molecule has 7 rings (SSSR count). The minimum absolute atomic E-state index is 0.00447. The van der Waals surface area contributed by atoms with Crippen molar-refractivity contribution in [3.05, 3.63) is 76.7 Å². The van der Waals surface area contributed by atoms with E-state index < -0.39 is 11.9 Å². The molecular weight excluding hydrogens is 543 g/mol. The van der Waals surface area contributed by atoms with Crippen LogP contribution in [0.4, 0.5) is 4.39 Å². The van der Waals surface area contributed by atoms with Gasteiger partial charge in [0.1, 0.15) is 17.7 Å². The fourth-order valence-electron chi connectivity index (χ4n) is 8.03. The number of fused-ring (bicyclic) bond motifs is 3. The largest absolute Gasteiger partial charge is 0.485 e. The number of carboxylic acid groups (broad SMARTS) is 1. The van der Waals surface area contributed by atoms with Gasteiger partial charge < -0.3 is 14.6 Å². The molecule has 0 spiro atoms. The molecule has 3 aliphatic heterocycles. The van der Waals surface area contributed by atoms with Crippen molar-refractivity contribution < 1.29 is 23.8 Å². The maximum atomic E-state index is 15.2. The lowest BCUT2D eigenvalue weighted by molar-refractivity contribution is -0.142. The Labute approximate surface area is 253 Å². The number of nitrogens with zero attached hydrogens (tertiary/aromatic N) is 2. The third-order valence-corrected chi connectivity index (χ3v) is 10.5. The van der Waals surface area contributed by atoms with Gasteiger partial charge in [-0.15, -0.1) is 0 Å². The van der Waals surface area contributed by atoms with Crippen LogP contribution in [0.3, 0.4) is 0 Å². The zero-order chi connectivity index (χ0) is 29.7. The fraction of sp³-hybridized carbons (Fsp3) is 0.500. The molecule has 4 heterocycles. The number of aliphatic carboxylic acids is 1. The Morgan fingerprint density at radius 2 is 1.84 bits per heavy atom. The van der Waals surface area contributed by atoms with E-state index in [-0.39, 0.29) is 17.8 Å². The van der Waals surface area contributed by atoms with Gasteiger partial charge in [0.15, 0.2) is 0 Å². The molecule has 43 heavy (non-hydrogen) atoms. The summed E-state index contributed by atoms with van der Waals surface area (Å²) in [5.74, 6) is 0.160. The van der Waals surface area contributed by atoms with E-state index in [1.165, 1.54) is 43.9 Å². The summed E-state index contributed by atoms with van der Waals surface area (Å²) in [5, 5.41) is 9.78. The van der Waals surface area contributed by atoms with Crippen molar-refractivity contribution in [2.45, 2.75) is 95.4 Å². The molecule has 6 nitrogen and oxygen atoms in total. The van der Waals surface area contributed by atoms with Gasteiger partial charge in [-0.3, -0.25) is 9.69 Å². The second kappa shape index (κ2) is 11.6. The highest BCUT2D eigenvalue weighted by molar-refractivity contribution is 5.71. The van der Waals surface area contributed by atoms with Crippen LogP contribution in [-0.2, 0) is 17.8 Å². The van der Waals surface area contributed by atoms with Gasteiger partial charge in [0, 0.05) is 30.3 Å². The van der Waals surface area contributed by atoms with Crippen molar-refractivity contribution in [2.24, 2.45) is 11.8 Å². The van der Waals surface area contributed by atoms with Crippen LogP contribution >= 0.6 is 0 Å². The Bertz CT molecular complexity index is 1510. The normalized spacial score (nSPS) is 24.6. The van der Waals surface area contributed by atoms with Gasteiger partial charge in [0.05, 0.1) is 19.2 Å². The zero-order valence-corrected chi connectivity index (χ0v) is 25.1. The third-order valence-electron chi connectivity index (χ3n) is 10.5. The Kier molecular flexibility index (Phi) is 7.62. The van der Waals surface area contributed by atoms with Gasteiger partial charge >= 0.3 is 5.97 Å². The van der Waals surface area contributed by atoms with E-state index in [2.05, 4.69) is 40.2 Å². The van der Waals surface area contributed by atoms with Gasteiger partial charge in [0.25, 0.3) is 0 Å². The number of aryl methyl sites for hydroxylation is 1. The van der Waals surface area contributed by atoms with Crippen molar-refractivity contribution in [1.29, 1.82) is 0 Å². The summed E-state index contributed by atoms with van der Waals surface area (Å²) in [4.78, 5) is 18.6. The van der Waals surface area contributed by atoms with Crippen LogP contribution in [0.5, 0.6) is 11.6 Å². The molecule has 0 radical (unpaired) electrons. The van der Waals surface area contributed by atoms with Crippen molar-refractivity contribution >= 4 is 5.97 Å². The first-order valence-electron chi connectivity index (χ1n) is 16.0. The van der Waals surface area contributed by atoms with E-state index in [1.807, 2.05) is 13.0 Å². The van der Waals surface area contributed by atoms with E-state index in [0.29, 0.717) is 29.4 Å². The van der Waals surface area contributed by atoms with Gasteiger partial charge in [-0.05, 0) is 97.1 Å². The van der Waals surface area contributed by atoms with E-state index in [4.69, 9.17) is 9.47 Å². The molecule has 2 bridgehead atoms. The quantitative estimate of drug-likeness (QED) is 0.278. The molecule has 0 amide bonds. The highest BCUT2D eigenvalue weighted by Crippen LogP contribution is 2.48. The first kappa shape index (κ1) is 28.3. The summed E-state index contributed by atoms with van der Waals surface area (Å²) >= 11 is 0. The smallest absolute Gasteiger partial charge is 0.306 e. The summed E-state index contributed by atoms with van der Waals surface area (Å²) in [6.07, 6.45) is 11.3. The molecule has 2 aromatic carbocycles. The topological polar surface area (TPSA) is 71.9 Å². The Hall–Kier alpha value is -3.45. The molecule has 3 unspecified atom stereocenters. The number of piperidine rings is 1. The van der Waals surface area contributed by atoms with Gasteiger partial charge in [-0.25, -0.2) is 9.37 Å². The molecule has 1 saturated carbocycles. The Balaban J connectivity index is 1.21. The van der Waals surface area contributed by atoms with Gasteiger partial charge in [0.2, 0.25) is 5.88 Å². The molecule has 7 heteroatoms. The summed E-state index contributed by atoms with van der Waals surface area (Å²) in [7, 11) is 1.55. The first-order chi connectivity index (χ1) is 20.9. The number of ether oxygens (including phenoxy) is 2. The molecule has 4 aliphatic rings. The first-order valence-corrected chi connectivity index (χ1v) is 16.0. The molecule has 5 atom stereocenters. The molecule has 2 saturated heterocycles. The monoisotopic (exact) mass is 584 g/mol. The summed E-state index contributed by atoms with van der Waals surface area (Å²) < 4.78 is 27.3. The van der Waals surface area contributed by atoms with Gasteiger partial charge in [-0.2, -0.15) is 0 Å².